The van der Waals surface area contributed by atoms with E-state index >= 15 is 0 Å². The summed E-state index contributed by atoms with van der Waals surface area (Å²) in [7, 11) is 3.82. The monoisotopic (exact) mass is 249 g/mol. The van der Waals surface area contributed by atoms with Crippen LogP contribution in [0.5, 0.6) is 0 Å². The molecule has 1 rings (SSSR count). The first kappa shape index (κ1) is 15.2. The zero-order valence-electron chi connectivity index (χ0n) is 12.6. The molecule has 0 heterocycles. The van der Waals surface area contributed by atoms with Crippen LogP contribution in [-0.2, 0) is 11.2 Å². The summed E-state index contributed by atoms with van der Waals surface area (Å²) < 4.78 is 5.64. The van der Waals surface area contributed by atoms with Crippen molar-refractivity contribution in [3.05, 3.63) is 34.9 Å². The van der Waals surface area contributed by atoms with Crippen molar-refractivity contribution in [3.8, 4) is 0 Å². The Kier molecular flexibility index (Phi) is 5.83. The third-order valence-electron chi connectivity index (χ3n) is 3.64. The van der Waals surface area contributed by atoms with Crippen LogP contribution < -0.4 is 5.32 Å². The predicted octanol–water partition coefficient (Wildman–Crippen LogP) is 3.10. The molecule has 2 nitrogen and oxygen atoms in total. The van der Waals surface area contributed by atoms with Gasteiger partial charge in [-0.05, 0) is 44.4 Å². The first-order chi connectivity index (χ1) is 8.49. The minimum atomic E-state index is 0.245. The van der Waals surface area contributed by atoms with Gasteiger partial charge in [-0.3, -0.25) is 0 Å². The van der Waals surface area contributed by atoms with Crippen LogP contribution in [0.3, 0.4) is 0 Å². The largest absolute Gasteiger partial charge is 0.380 e. The second-order valence-corrected chi connectivity index (χ2v) is 5.47. The fraction of sp³-hybridized carbons (Fsp3) is 0.625. The Morgan fingerprint density at radius 1 is 1.22 bits per heavy atom. The first-order valence-corrected chi connectivity index (χ1v) is 6.75. The lowest BCUT2D eigenvalue weighted by atomic mass is 9.91. The molecule has 0 saturated heterocycles. The van der Waals surface area contributed by atoms with Gasteiger partial charge in [-0.15, -0.1) is 0 Å². The minimum Gasteiger partial charge on any atom is -0.380 e. The van der Waals surface area contributed by atoms with Gasteiger partial charge >= 0.3 is 0 Å². The number of nitrogens with one attached hydrogen (secondary N) is 1. The average molecular weight is 249 g/mol. The van der Waals surface area contributed by atoms with Crippen LogP contribution >= 0.6 is 0 Å². The van der Waals surface area contributed by atoms with Crippen LogP contribution in [0.15, 0.2) is 18.2 Å². The highest BCUT2D eigenvalue weighted by atomic mass is 16.5. The molecule has 0 aliphatic carbocycles. The van der Waals surface area contributed by atoms with Crippen molar-refractivity contribution < 1.29 is 4.74 Å². The Morgan fingerprint density at radius 3 is 2.39 bits per heavy atom. The van der Waals surface area contributed by atoms with Crippen molar-refractivity contribution in [1.29, 1.82) is 0 Å². The van der Waals surface area contributed by atoms with Gasteiger partial charge in [0.2, 0.25) is 0 Å². The van der Waals surface area contributed by atoms with Gasteiger partial charge in [-0.1, -0.05) is 37.6 Å². The third-order valence-corrected chi connectivity index (χ3v) is 3.64. The van der Waals surface area contributed by atoms with Gasteiger partial charge < -0.3 is 10.1 Å². The molecule has 0 spiro atoms. The van der Waals surface area contributed by atoms with E-state index in [1.165, 1.54) is 16.7 Å². The summed E-state index contributed by atoms with van der Waals surface area (Å²) in [5.41, 5.74) is 4.10. The molecule has 2 heteroatoms. The Hall–Kier alpha value is -0.860. The standard InChI is InChI=1S/C16H27NO/c1-11(2)16(18-6)15(17-5)10-14-9-12(3)7-8-13(14)4/h7-9,11,15-17H,10H2,1-6H3. The molecule has 0 radical (unpaired) electrons. The van der Waals surface area contributed by atoms with Crippen LogP contribution in [0, 0.1) is 19.8 Å². The molecule has 18 heavy (non-hydrogen) atoms. The van der Waals surface area contributed by atoms with Crippen molar-refractivity contribution in [3.63, 3.8) is 0 Å². The highest BCUT2D eigenvalue weighted by Gasteiger charge is 2.23. The summed E-state index contributed by atoms with van der Waals surface area (Å²) in [6.45, 7) is 8.75. The van der Waals surface area contributed by atoms with Crippen molar-refractivity contribution in [2.45, 2.75) is 46.3 Å². The van der Waals surface area contributed by atoms with Gasteiger partial charge in [0.1, 0.15) is 0 Å². The van der Waals surface area contributed by atoms with Crippen molar-refractivity contribution >= 4 is 0 Å². The molecular formula is C16H27NO. The lowest BCUT2D eigenvalue weighted by molar-refractivity contribution is 0.0353. The van der Waals surface area contributed by atoms with Crippen LogP contribution in [0.1, 0.15) is 30.5 Å². The average Bonchev–Trinajstić information content (AvgIpc) is 2.32. The number of ether oxygens (including phenoxy) is 1. The van der Waals surface area contributed by atoms with Crippen LogP contribution in [-0.4, -0.2) is 26.3 Å². The van der Waals surface area contributed by atoms with Crippen LogP contribution in [0.2, 0.25) is 0 Å². The smallest absolute Gasteiger partial charge is 0.0750 e. The fourth-order valence-electron chi connectivity index (χ4n) is 2.54. The summed E-state index contributed by atoms with van der Waals surface area (Å²) in [6, 6.07) is 7.01. The van der Waals surface area contributed by atoms with E-state index < -0.39 is 0 Å². The molecular weight excluding hydrogens is 222 g/mol. The quantitative estimate of drug-likeness (QED) is 0.836. The minimum absolute atomic E-state index is 0.245. The number of likely N-dealkylation sites (N-methyl/N-ethyl adjacent to an activating group) is 1. The molecule has 0 bridgehead atoms. The highest BCUT2D eigenvalue weighted by Crippen LogP contribution is 2.18. The van der Waals surface area contributed by atoms with Gasteiger partial charge in [-0.2, -0.15) is 0 Å². The molecule has 2 atom stereocenters. The molecule has 1 aromatic rings. The normalized spacial score (nSPS) is 14.8. The summed E-state index contributed by atoms with van der Waals surface area (Å²) in [5.74, 6) is 0.512. The third kappa shape index (κ3) is 3.82. The van der Waals surface area contributed by atoms with E-state index in [0.29, 0.717) is 12.0 Å². The van der Waals surface area contributed by atoms with Gasteiger partial charge in [0.15, 0.2) is 0 Å². The number of hydrogen-bond acceptors (Lipinski definition) is 2. The van der Waals surface area contributed by atoms with E-state index in [-0.39, 0.29) is 6.10 Å². The molecule has 0 aromatic heterocycles. The van der Waals surface area contributed by atoms with E-state index in [9.17, 15) is 0 Å². The van der Waals surface area contributed by atoms with E-state index in [2.05, 4.69) is 51.2 Å². The second kappa shape index (κ2) is 6.91. The van der Waals surface area contributed by atoms with Crippen molar-refractivity contribution in [2.75, 3.05) is 14.2 Å². The molecule has 1 aromatic carbocycles. The van der Waals surface area contributed by atoms with E-state index in [0.717, 1.165) is 6.42 Å². The van der Waals surface area contributed by atoms with E-state index in [4.69, 9.17) is 4.74 Å². The fourth-order valence-corrected chi connectivity index (χ4v) is 2.54. The van der Waals surface area contributed by atoms with E-state index in [1.807, 2.05) is 7.05 Å². The lowest BCUT2D eigenvalue weighted by Gasteiger charge is -2.29. The second-order valence-electron chi connectivity index (χ2n) is 5.47. The number of benzene rings is 1. The topological polar surface area (TPSA) is 21.3 Å². The van der Waals surface area contributed by atoms with Gasteiger partial charge in [0.05, 0.1) is 6.10 Å². The molecule has 0 aliphatic rings. The van der Waals surface area contributed by atoms with Crippen LogP contribution in [0.4, 0.5) is 0 Å². The molecule has 1 N–H and O–H groups in total. The number of hydrogen-bond donors (Lipinski definition) is 1. The maximum atomic E-state index is 5.64. The number of rotatable bonds is 6. The van der Waals surface area contributed by atoms with Gasteiger partial charge in [-0.25, -0.2) is 0 Å². The zero-order valence-corrected chi connectivity index (χ0v) is 12.6. The summed E-state index contributed by atoms with van der Waals surface area (Å²) >= 11 is 0. The van der Waals surface area contributed by atoms with Gasteiger partial charge in [0, 0.05) is 13.2 Å². The Bertz CT molecular complexity index is 373. The highest BCUT2D eigenvalue weighted by molar-refractivity contribution is 5.31. The maximum absolute atomic E-state index is 5.64. The Balaban J connectivity index is 2.88. The molecule has 0 saturated carbocycles. The van der Waals surface area contributed by atoms with Gasteiger partial charge in [0.25, 0.3) is 0 Å². The summed E-state index contributed by atoms with van der Waals surface area (Å²) in [6.07, 6.45) is 1.26. The van der Waals surface area contributed by atoms with Crippen LogP contribution in [0.25, 0.3) is 0 Å². The molecule has 0 amide bonds. The Labute approximate surface area is 112 Å². The molecule has 0 fully saturated rings. The summed E-state index contributed by atoms with van der Waals surface area (Å²) in [5, 5.41) is 3.40. The summed E-state index contributed by atoms with van der Waals surface area (Å²) in [4.78, 5) is 0. The molecule has 2 unspecified atom stereocenters. The zero-order chi connectivity index (χ0) is 13.7. The Morgan fingerprint density at radius 2 is 1.89 bits per heavy atom. The number of methoxy groups -OCH3 is 1. The molecule has 0 aliphatic heterocycles. The van der Waals surface area contributed by atoms with E-state index in [1.54, 1.807) is 7.11 Å². The SMILES string of the molecule is CNC(Cc1cc(C)ccc1C)C(OC)C(C)C. The molecule has 102 valence electrons. The first-order valence-electron chi connectivity index (χ1n) is 6.75. The maximum Gasteiger partial charge on any atom is 0.0750 e. The van der Waals surface area contributed by atoms with Crippen molar-refractivity contribution in [2.24, 2.45) is 5.92 Å². The van der Waals surface area contributed by atoms with Crippen molar-refractivity contribution in [1.82, 2.24) is 5.32 Å². The predicted molar refractivity (Wildman–Crippen MR) is 78.1 cm³/mol. The lowest BCUT2D eigenvalue weighted by Crippen LogP contribution is -2.43. The number of aryl methyl sites for hydroxylation is 2.